The summed E-state index contributed by atoms with van der Waals surface area (Å²) in [6.07, 6.45) is 0. The van der Waals surface area contributed by atoms with Crippen LogP contribution >= 0.6 is 50.1 Å². The van der Waals surface area contributed by atoms with Crippen LogP contribution in [0, 0.1) is 9.39 Å². The number of hydrogen-bond acceptors (Lipinski definition) is 1. The minimum atomic E-state index is -0.252. The molecule has 2 aromatic rings. The quantitative estimate of drug-likeness (QED) is 0.625. The zero-order valence-electron chi connectivity index (χ0n) is 9.18. The van der Waals surface area contributed by atoms with Gasteiger partial charge in [-0.15, -0.1) is 0 Å². The minimum absolute atomic E-state index is 0.252. The molecule has 94 valence electrons. The second-order valence-electron chi connectivity index (χ2n) is 3.71. The van der Waals surface area contributed by atoms with Gasteiger partial charge in [-0.2, -0.15) is 0 Å². The molecule has 0 aliphatic carbocycles. The van der Waals surface area contributed by atoms with Gasteiger partial charge < -0.3 is 5.32 Å². The van der Waals surface area contributed by atoms with E-state index in [-0.39, 0.29) is 5.82 Å². The van der Waals surface area contributed by atoms with Crippen LogP contribution in [0.15, 0.2) is 40.9 Å². The molecule has 0 fully saturated rings. The third kappa shape index (κ3) is 3.59. The van der Waals surface area contributed by atoms with Crippen LogP contribution < -0.4 is 5.32 Å². The van der Waals surface area contributed by atoms with Gasteiger partial charge in [0.2, 0.25) is 0 Å². The smallest absolute Gasteiger partial charge is 0.124 e. The molecule has 0 unspecified atom stereocenters. The van der Waals surface area contributed by atoms with E-state index < -0.39 is 0 Å². The van der Waals surface area contributed by atoms with Crippen molar-refractivity contribution in [2.75, 3.05) is 5.32 Å². The standard InChI is InChI=1S/C13H9BrClFIN/c14-11-5-9(16)2-1-8(11)7-18-13-6-10(17)3-4-12(13)15/h1-6,18H,7H2. The monoisotopic (exact) mass is 439 g/mol. The van der Waals surface area contributed by atoms with Gasteiger partial charge in [-0.05, 0) is 58.5 Å². The molecule has 0 saturated carbocycles. The summed E-state index contributed by atoms with van der Waals surface area (Å²) in [5.41, 5.74) is 1.85. The molecule has 0 spiro atoms. The lowest BCUT2D eigenvalue weighted by Gasteiger charge is -2.10. The molecule has 0 aliphatic rings. The number of nitrogens with one attached hydrogen (secondary N) is 1. The summed E-state index contributed by atoms with van der Waals surface area (Å²) in [5.74, 6) is -0.252. The van der Waals surface area contributed by atoms with Crippen molar-refractivity contribution in [2.45, 2.75) is 6.54 Å². The van der Waals surface area contributed by atoms with Crippen molar-refractivity contribution in [3.8, 4) is 0 Å². The number of rotatable bonds is 3. The van der Waals surface area contributed by atoms with Gasteiger partial charge in [0.25, 0.3) is 0 Å². The number of halogens is 4. The summed E-state index contributed by atoms with van der Waals surface area (Å²) < 4.78 is 14.8. The second kappa shape index (κ2) is 6.21. The van der Waals surface area contributed by atoms with E-state index in [0.29, 0.717) is 11.6 Å². The number of anilines is 1. The molecule has 18 heavy (non-hydrogen) atoms. The van der Waals surface area contributed by atoms with Gasteiger partial charge >= 0.3 is 0 Å². The molecule has 1 nitrogen and oxygen atoms in total. The Labute approximate surface area is 132 Å². The maximum absolute atomic E-state index is 13.0. The first-order chi connectivity index (χ1) is 8.56. The highest BCUT2D eigenvalue weighted by atomic mass is 127. The summed E-state index contributed by atoms with van der Waals surface area (Å²) in [7, 11) is 0. The summed E-state index contributed by atoms with van der Waals surface area (Å²) in [6.45, 7) is 0.584. The number of benzene rings is 2. The summed E-state index contributed by atoms with van der Waals surface area (Å²) in [5, 5.41) is 3.92. The average Bonchev–Trinajstić information content (AvgIpc) is 2.32. The molecule has 0 amide bonds. The maximum Gasteiger partial charge on any atom is 0.124 e. The molecule has 2 aromatic carbocycles. The lowest BCUT2D eigenvalue weighted by Crippen LogP contribution is -2.01. The van der Waals surface area contributed by atoms with Gasteiger partial charge in [0.15, 0.2) is 0 Å². The van der Waals surface area contributed by atoms with Gasteiger partial charge in [-0.25, -0.2) is 4.39 Å². The summed E-state index contributed by atoms with van der Waals surface area (Å²) in [4.78, 5) is 0. The van der Waals surface area contributed by atoms with Crippen LogP contribution in [0.5, 0.6) is 0 Å². The Morgan fingerprint density at radius 1 is 1.22 bits per heavy atom. The molecule has 0 aromatic heterocycles. The van der Waals surface area contributed by atoms with E-state index in [0.717, 1.165) is 19.3 Å². The van der Waals surface area contributed by atoms with Gasteiger partial charge in [0.1, 0.15) is 5.82 Å². The van der Waals surface area contributed by atoms with E-state index in [1.165, 1.54) is 12.1 Å². The molecule has 2 rings (SSSR count). The Morgan fingerprint density at radius 3 is 2.72 bits per heavy atom. The molecule has 0 atom stereocenters. The zero-order valence-corrected chi connectivity index (χ0v) is 13.7. The molecule has 0 aliphatic heterocycles. The van der Waals surface area contributed by atoms with Crippen molar-refractivity contribution >= 4 is 55.8 Å². The second-order valence-corrected chi connectivity index (χ2v) is 6.22. The first kappa shape index (κ1) is 14.1. The zero-order chi connectivity index (χ0) is 13.1. The Balaban J connectivity index is 2.13. The molecular weight excluding hydrogens is 431 g/mol. The van der Waals surface area contributed by atoms with E-state index in [4.69, 9.17) is 11.6 Å². The highest BCUT2D eigenvalue weighted by Crippen LogP contribution is 2.25. The van der Waals surface area contributed by atoms with Gasteiger partial charge in [0, 0.05) is 14.6 Å². The van der Waals surface area contributed by atoms with E-state index in [2.05, 4.69) is 43.8 Å². The normalized spacial score (nSPS) is 10.4. The molecule has 1 N–H and O–H groups in total. The summed E-state index contributed by atoms with van der Waals surface area (Å²) in [6, 6.07) is 10.4. The fraction of sp³-hybridized carbons (Fsp3) is 0.0769. The van der Waals surface area contributed by atoms with Crippen molar-refractivity contribution < 1.29 is 4.39 Å². The van der Waals surface area contributed by atoms with Gasteiger partial charge in [-0.1, -0.05) is 33.6 Å². The Bertz CT molecular complexity index is 577. The third-order valence-electron chi connectivity index (χ3n) is 2.41. The number of hydrogen-bond donors (Lipinski definition) is 1. The predicted molar refractivity (Wildman–Crippen MR) is 85.6 cm³/mol. The highest BCUT2D eigenvalue weighted by Gasteiger charge is 2.04. The average molecular weight is 440 g/mol. The van der Waals surface area contributed by atoms with E-state index in [1.54, 1.807) is 6.07 Å². The van der Waals surface area contributed by atoms with E-state index in [1.807, 2.05) is 18.2 Å². The third-order valence-corrected chi connectivity index (χ3v) is 4.15. The molecule has 0 heterocycles. The lowest BCUT2D eigenvalue weighted by molar-refractivity contribution is 0.626. The van der Waals surface area contributed by atoms with Crippen LogP contribution in [0.2, 0.25) is 5.02 Å². The van der Waals surface area contributed by atoms with E-state index >= 15 is 0 Å². The van der Waals surface area contributed by atoms with Crippen molar-refractivity contribution in [3.05, 3.63) is 60.8 Å². The minimum Gasteiger partial charge on any atom is -0.380 e. The van der Waals surface area contributed by atoms with Crippen molar-refractivity contribution in [3.63, 3.8) is 0 Å². The first-order valence-electron chi connectivity index (χ1n) is 5.19. The molecular formula is C13H9BrClFIN. The molecule has 0 radical (unpaired) electrons. The van der Waals surface area contributed by atoms with Crippen molar-refractivity contribution in [2.24, 2.45) is 0 Å². The predicted octanol–water partition coefficient (Wildman–Crippen LogP) is 5.46. The Morgan fingerprint density at radius 2 is 2.00 bits per heavy atom. The molecule has 5 heteroatoms. The van der Waals surface area contributed by atoms with Crippen LogP contribution in [-0.4, -0.2) is 0 Å². The van der Waals surface area contributed by atoms with Crippen LogP contribution in [0.1, 0.15) is 5.56 Å². The summed E-state index contributed by atoms with van der Waals surface area (Å²) >= 11 is 11.7. The largest absolute Gasteiger partial charge is 0.380 e. The molecule has 0 bridgehead atoms. The Hall–Kier alpha value is -0.330. The van der Waals surface area contributed by atoms with Crippen LogP contribution in [-0.2, 0) is 6.54 Å². The Kier molecular flexibility index (Phi) is 4.86. The molecule has 0 saturated heterocycles. The topological polar surface area (TPSA) is 12.0 Å². The first-order valence-corrected chi connectivity index (χ1v) is 7.44. The van der Waals surface area contributed by atoms with Gasteiger partial charge in [0.05, 0.1) is 10.7 Å². The highest BCUT2D eigenvalue weighted by molar-refractivity contribution is 14.1. The van der Waals surface area contributed by atoms with Crippen LogP contribution in [0.4, 0.5) is 10.1 Å². The van der Waals surface area contributed by atoms with Crippen molar-refractivity contribution in [1.29, 1.82) is 0 Å². The van der Waals surface area contributed by atoms with E-state index in [9.17, 15) is 4.39 Å². The van der Waals surface area contributed by atoms with Crippen LogP contribution in [0.25, 0.3) is 0 Å². The van der Waals surface area contributed by atoms with Crippen molar-refractivity contribution in [1.82, 2.24) is 0 Å². The SMILES string of the molecule is Fc1ccc(CNc2cc(I)ccc2Cl)c(Br)c1. The lowest BCUT2D eigenvalue weighted by atomic mass is 10.2. The fourth-order valence-electron chi connectivity index (χ4n) is 1.49. The van der Waals surface area contributed by atoms with Gasteiger partial charge in [-0.3, -0.25) is 0 Å². The maximum atomic E-state index is 13.0. The fourth-order valence-corrected chi connectivity index (χ4v) is 2.66. The van der Waals surface area contributed by atoms with Crippen LogP contribution in [0.3, 0.4) is 0 Å².